The van der Waals surface area contributed by atoms with Crippen LogP contribution in [0, 0.1) is 5.41 Å². The summed E-state index contributed by atoms with van der Waals surface area (Å²) >= 11 is 6.10. The molecule has 0 aliphatic carbocycles. The fourth-order valence-electron chi connectivity index (χ4n) is 2.38. The maximum Gasteiger partial charge on any atom is 0.0908 e. The van der Waals surface area contributed by atoms with Crippen molar-refractivity contribution in [3.8, 4) is 0 Å². The van der Waals surface area contributed by atoms with Crippen molar-refractivity contribution >= 4 is 35.3 Å². The van der Waals surface area contributed by atoms with Gasteiger partial charge in [0, 0.05) is 4.90 Å². The van der Waals surface area contributed by atoms with Gasteiger partial charge in [-0.3, -0.25) is 0 Å². The SMILES string of the molecule is CSc1ccc(C2(C(C)(C)C)SCCCS2)cc1. The quantitative estimate of drug-likeness (QED) is 0.664. The van der Waals surface area contributed by atoms with Gasteiger partial charge in [0.05, 0.1) is 4.08 Å². The molecule has 1 aliphatic heterocycles. The number of rotatable bonds is 2. The molecule has 0 N–H and O–H groups in total. The van der Waals surface area contributed by atoms with Crippen molar-refractivity contribution in [3.63, 3.8) is 0 Å². The summed E-state index contributed by atoms with van der Waals surface area (Å²) in [5.74, 6) is 2.57. The Bertz CT molecular complexity index is 383. The Kier molecular flexibility index (Phi) is 4.66. The molecule has 0 unspecified atom stereocenters. The lowest BCUT2D eigenvalue weighted by atomic mass is 9.86. The third-order valence-corrected chi connectivity index (χ3v) is 8.30. The minimum atomic E-state index is 0.224. The lowest BCUT2D eigenvalue weighted by Gasteiger charge is -2.46. The van der Waals surface area contributed by atoms with Gasteiger partial charge < -0.3 is 0 Å². The third-order valence-electron chi connectivity index (χ3n) is 3.36. The van der Waals surface area contributed by atoms with E-state index in [1.165, 1.54) is 28.4 Å². The Balaban J connectivity index is 2.39. The van der Waals surface area contributed by atoms with E-state index in [1.807, 2.05) is 11.8 Å². The molecule has 0 aromatic heterocycles. The van der Waals surface area contributed by atoms with Crippen LogP contribution in [0.25, 0.3) is 0 Å². The highest BCUT2D eigenvalue weighted by atomic mass is 32.2. The standard InChI is InChI=1S/C15H22S3/c1-14(2,3)15(17-10-5-11-18-15)12-6-8-13(16-4)9-7-12/h6-9H,5,10-11H2,1-4H3. The molecule has 18 heavy (non-hydrogen) atoms. The topological polar surface area (TPSA) is 0 Å². The number of hydrogen-bond acceptors (Lipinski definition) is 3. The summed E-state index contributed by atoms with van der Waals surface area (Å²) in [4.78, 5) is 1.36. The van der Waals surface area contributed by atoms with Crippen LogP contribution in [0.2, 0.25) is 0 Å². The Morgan fingerprint density at radius 1 is 1.06 bits per heavy atom. The smallest absolute Gasteiger partial charge is 0.0908 e. The average molecular weight is 299 g/mol. The summed E-state index contributed by atoms with van der Waals surface area (Å²) in [7, 11) is 0. The highest BCUT2D eigenvalue weighted by Gasteiger charge is 2.45. The molecular formula is C15H22S3. The van der Waals surface area contributed by atoms with E-state index in [9.17, 15) is 0 Å². The summed E-state index contributed by atoms with van der Waals surface area (Å²) in [5.41, 5.74) is 1.77. The zero-order valence-electron chi connectivity index (χ0n) is 11.7. The van der Waals surface area contributed by atoms with Crippen LogP contribution in [0.1, 0.15) is 32.8 Å². The zero-order valence-corrected chi connectivity index (χ0v) is 14.1. The minimum Gasteiger partial charge on any atom is -0.139 e. The van der Waals surface area contributed by atoms with Crippen molar-refractivity contribution < 1.29 is 0 Å². The van der Waals surface area contributed by atoms with Crippen LogP contribution in [-0.2, 0) is 4.08 Å². The Morgan fingerprint density at radius 2 is 1.61 bits per heavy atom. The van der Waals surface area contributed by atoms with Gasteiger partial charge in [-0.05, 0) is 47.3 Å². The minimum absolute atomic E-state index is 0.224. The number of benzene rings is 1. The molecule has 2 rings (SSSR count). The summed E-state index contributed by atoms with van der Waals surface area (Å²) in [6.07, 6.45) is 3.48. The van der Waals surface area contributed by atoms with Gasteiger partial charge >= 0.3 is 0 Å². The monoisotopic (exact) mass is 298 g/mol. The van der Waals surface area contributed by atoms with E-state index in [-0.39, 0.29) is 9.49 Å². The predicted octanol–water partition coefficient (Wildman–Crippen LogP) is 5.48. The van der Waals surface area contributed by atoms with E-state index in [0.29, 0.717) is 0 Å². The molecule has 1 aliphatic rings. The van der Waals surface area contributed by atoms with Crippen LogP contribution in [0.5, 0.6) is 0 Å². The van der Waals surface area contributed by atoms with E-state index in [1.54, 1.807) is 0 Å². The van der Waals surface area contributed by atoms with Crippen molar-refractivity contribution in [2.75, 3.05) is 17.8 Å². The van der Waals surface area contributed by atoms with Crippen LogP contribution in [0.4, 0.5) is 0 Å². The van der Waals surface area contributed by atoms with Crippen molar-refractivity contribution in [3.05, 3.63) is 29.8 Å². The van der Waals surface area contributed by atoms with Gasteiger partial charge in [-0.15, -0.1) is 35.3 Å². The fraction of sp³-hybridized carbons (Fsp3) is 0.600. The molecular weight excluding hydrogens is 276 g/mol. The van der Waals surface area contributed by atoms with Gasteiger partial charge in [-0.25, -0.2) is 0 Å². The predicted molar refractivity (Wildman–Crippen MR) is 88.9 cm³/mol. The first-order valence-electron chi connectivity index (χ1n) is 6.42. The van der Waals surface area contributed by atoms with Gasteiger partial charge in [0.1, 0.15) is 0 Å². The van der Waals surface area contributed by atoms with E-state index < -0.39 is 0 Å². The van der Waals surface area contributed by atoms with Crippen LogP contribution < -0.4 is 0 Å². The van der Waals surface area contributed by atoms with Crippen molar-refractivity contribution in [1.82, 2.24) is 0 Å². The molecule has 1 saturated heterocycles. The number of thioether (sulfide) groups is 3. The van der Waals surface area contributed by atoms with Gasteiger partial charge in [0.25, 0.3) is 0 Å². The van der Waals surface area contributed by atoms with Gasteiger partial charge in [-0.1, -0.05) is 32.9 Å². The molecule has 0 spiro atoms. The Morgan fingerprint density at radius 3 is 2.06 bits per heavy atom. The highest BCUT2D eigenvalue weighted by molar-refractivity contribution is 8.18. The van der Waals surface area contributed by atoms with E-state index in [2.05, 4.69) is 74.8 Å². The maximum atomic E-state index is 2.38. The second kappa shape index (κ2) is 5.72. The van der Waals surface area contributed by atoms with Gasteiger partial charge in [0.15, 0.2) is 0 Å². The largest absolute Gasteiger partial charge is 0.139 e. The molecule has 100 valence electrons. The van der Waals surface area contributed by atoms with Crippen LogP contribution in [0.3, 0.4) is 0 Å². The van der Waals surface area contributed by atoms with E-state index in [4.69, 9.17) is 0 Å². The molecule has 0 saturated carbocycles. The van der Waals surface area contributed by atoms with Crippen molar-refractivity contribution in [2.45, 2.75) is 36.2 Å². The molecule has 0 bridgehead atoms. The first-order chi connectivity index (χ1) is 8.49. The molecule has 0 amide bonds. The third kappa shape index (κ3) is 2.73. The normalized spacial score (nSPS) is 19.8. The maximum absolute atomic E-state index is 2.38. The second-order valence-corrected chi connectivity index (χ2v) is 9.40. The summed E-state index contributed by atoms with van der Waals surface area (Å²) in [6.45, 7) is 7.13. The van der Waals surface area contributed by atoms with Crippen LogP contribution >= 0.6 is 35.3 Å². The number of hydrogen-bond donors (Lipinski definition) is 0. The highest BCUT2D eigenvalue weighted by Crippen LogP contribution is 2.60. The zero-order chi connectivity index (χ0) is 13.2. The molecule has 1 aromatic rings. The van der Waals surface area contributed by atoms with E-state index >= 15 is 0 Å². The lowest BCUT2D eigenvalue weighted by Crippen LogP contribution is -2.36. The first-order valence-corrected chi connectivity index (χ1v) is 9.62. The Hall–Kier alpha value is 0.270. The van der Waals surface area contributed by atoms with E-state index in [0.717, 1.165) is 0 Å². The average Bonchev–Trinajstić information content (AvgIpc) is 2.38. The van der Waals surface area contributed by atoms with Gasteiger partial charge in [-0.2, -0.15) is 0 Å². The second-order valence-electron chi connectivity index (χ2n) is 5.65. The molecule has 3 heteroatoms. The van der Waals surface area contributed by atoms with Crippen molar-refractivity contribution in [1.29, 1.82) is 0 Å². The van der Waals surface area contributed by atoms with Crippen molar-refractivity contribution in [2.24, 2.45) is 5.41 Å². The summed E-state index contributed by atoms with van der Waals surface area (Å²) < 4.78 is 0.224. The molecule has 1 heterocycles. The molecule has 0 atom stereocenters. The molecule has 1 aromatic carbocycles. The lowest BCUT2D eigenvalue weighted by molar-refractivity contribution is 0.371. The summed E-state index contributed by atoms with van der Waals surface area (Å²) in [5, 5.41) is 0. The Labute approximate surface area is 124 Å². The van der Waals surface area contributed by atoms with Crippen LogP contribution in [0.15, 0.2) is 29.2 Å². The summed E-state index contributed by atoms with van der Waals surface area (Å²) in [6, 6.07) is 9.21. The molecule has 0 radical (unpaired) electrons. The van der Waals surface area contributed by atoms with Gasteiger partial charge in [0.2, 0.25) is 0 Å². The first kappa shape index (κ1) is 14.7. The fourth-order valence-corrected chi connectivity index (χ4v) is 6.42. The van der Waals surface area contributed by atoms with Crippen LogP contribution in [-0.4, -0.2) is 17.8 Å². The molecule has 1 fully saturated rings. The molecule has 0 nitrogen and oxygen atoms in total.